The molecule has 0 aliphatic carbocycles. The molecule has 0 aliphatic heterocycles. The van der Waals surface area contributed by atoms with Crippen LogP contribution < -0.4 is 9.47 Å². The number of rotatable bonds is 9. The minimum absolute atomic E-state index is 0.353. The highest BCUT2D eigenvalue weighted by Gasteiger charge is 2.03. The van der Waals surface area contributed by atoms with Crippen molar-refractivity contribution in [3.63, 3.8) is 0 Å². The van der Waals surface area contributed by atoms with Crippen LogP contribution in [0.3, 0.4) is 0 Å². The minimum atomic E-state index is -0.353. The van der Waals surface area contributed by atoms with Gasteiger partial charge >= 0.3 is 5.97 Å². The first-order valence-electron chi connectivity index (χ1n) is 7.45. The van der Waals surface area contributed by atoms with E-state index in [4.69, 9.17) is 14.2 Å². The molecule has 4 heteroatoms. The van der Waals surface area contributed by atoms with Gasteiger partial charge in [-0.05, 0) is 43.5 Å². The van der Waals surface area contributed by atoms with Gasteiger partial charge in [-0.25, -0.2) is 4.79 Å². The third kappa shape index (κ3) is 6.84. The second-order valence-corrected chi connectivity index (χ2v) is 4.52. The normalized spacial score (nSPS) is 10.6. The van der Waals surface area contributed by atoms with Gasteiger partial charge in [0.15, 0.2) is 0 Å². The molecule has 1 rings (SSSR count). The first kappa shape index (κ1) is 17.1. The maximum Gasteiger partial charge on any atom is 0.330 e. The minimum Gasteiger partial charge on any atom is -0.493 e. The lowest BCUT2D eigenvalue weighted by Gasteiger charge is -2.10. The van der Waals surface area contributed by atoms with Gasteiger partial charge in [0, 0.05) is 12.1 Å². The molecule has 0 aliphatic rings. The van der Waals surface area contributed by atoms with Crippen LogP contribution in [-0.2, 0) is 9.53 Å². The summed E-state index contributed by atoms with van der Waals surface area (Å²) in [6.45, 7) is 7.56. The Bertz CT molecular complexity index is 440. The lowest BCUT2D eigenvalue weighted by atomic mass is 10.2. The monoisotopic (exact) mass is 292 g/mol. The molecule has 0 radical (unpaired) electrons. The van der Waals surface area contributed by atoms with Crippen LogP contribution in [0.2, 0.25) is 0 Å². The molecule has 1 aromatic carbocycles. The Morgan fingerprint density at radius 2 is 1.57 bits per heavy atom. The van der Waals surface area contributed by atoms with Crippen molar-refractivity contribution in [2.75, 3.05) is 19.8 Å². The van der Waals surface area contributed by atoms with Crippen LogP contribution in [0.5, 0.6) is 11.5 Å². The molecule has 0 aromatic heterocycles. The molecule has 0 spiro atoms. The van der Waals surface area contributed by atoms with Crippen molar-refractivity contribution in [3.05, 3.63) is 29.8 Å². The Morgan fingerprint density at radius 1 is 1.00 bits per heavy atom. The molecule has 0 amide bonds. The number of ether oxygens (including phenoxy) is 3. The average molecular weight is 292 g/mol. The highest BCUT2D eigenvalue weighted by Crippen LogP contribution is 2.24. The number of esters is 1. The van der Waals surface area contributed by atoms with Gasteiger partial charge in [-0.1, -0.05) is 13.8 Å². The van der Waals surface area contributed by atoms with Crippen LogP contribution in [0.25, 0.3) is 6.08 Å². The Labute approximate surface area is 126 Å². The standard InChI is InChI=1S/C17H24O4/c1-4-9-20-15-11-14(7-8-17(18)19-6-3)12-16(13-15)21-10-5-2/h7-8,11-13H,4-6,9-10H2,1-3H3. The zero-order chi connectivity index (χ0) is 15.5. The molecule has 116 valence electrons. The number of carbonyl (C=O) groups excluding carboxylic acids is 1. The SMILES string of the molecule is CCCOc1cc(C=CC(=O)OCC)cc(OCCC)c1. The second-order valence-electron chi connectivity index (χ2n) is 4.52. The van der Waals surface area contributed by atoms with Gasteiger partial charge in [-0.3, -0.25) is 0 Å². The van der Waals surface area contributed by atoms with Crippen molar-refractivity contribution in [3.8, 4) is 11.5 Å². The van der Waals surface area contributed by atoms with E-state index in [9.17, 15) is 4.79 Å². The second kappa shape index (κ2) is 9.86. The number of carbonyl (C=O) groups is 1. The van der Waals surface area contributed by atoms with E-state index in [2.05, 4.69) is 13.8 Å². The van der Waals surface area contributed by atoms with Crippen LogP contribution >= 0.6 is 0 Å². The average Bonchev–Trinajstić information content (AvgIpc) is 2.49. The van der Waals surface area contributed by atoms with Crippen LogP contribution in [0, 0.1) is 0 Å². The quantitative estimate of drug-likeness (QED) is 0.512. The van der Waals surface area contributed by atoms with Gasteiger partial charge in [-0.2, -0.15) is 0 Å². The number of benzene rings is 1. The smallest absolute Gasteiger partial charge is 0.330 e. The highest BCUT2D eigenvalue weighted by molar-refractivity contribution is 5.87. The predicted octanol–water partition coefficient (Wildman–Crippen LogP) is 3.84. The van der Waals surface area contributed by atoms with E-state index >= 15 is 0 Å². The van der Waals surface area contributed by atoms with E-state index < -0.39 is 0 Å². The molecule has 1 aromatic rings. The molecule has 0 unspecified atom stereocenters. The van der Waals surface area contributed by atoms with Gasteiger partial charge in [-0.15, -0.1) is 0 Å². The van der Waals surface area contributed by atoms with Gasteiger partial charge in [0.25, 0.3) is 0 Å². The highest BCUT2D eigenvalue weighted by atomic mass is 16.5. The molecule has 0 fully saturated rings. The van der Waals surface area contributed by atoms with E-state index in [1.54, 1.807) is 13.0 Å². The third-order valence-corrected chi connectivity index (χ3v) is 2.55. The molecular formula is C17H24O4. The molecule has 0 bridgehead atoms. The fourth-order valence-corrected chi connectivity index (χ4v) is 1.65. The van der Waals surface area contributed by atoms with Crippen LogP contribution in [0.15, 0.2) is 24.3 Å². The maximum absolute atomic E-state index is 11.4. The largest absolute Gasteiger partial charge is 0.493 e. The number of hydrogen-bond donors (Lipinski definition) is 0. The van der Waals surface area contributed by atoms with E-state index in [1.807, 2.05) is 18.2 Å². The van der Waals surface area contributed by atoms with E-state index in [-0.39, 0.29) is 5.97 Å². The molecule has 0 saturated carbocycles. The summed E-state index contributed by atoms with van der Waals surface area (Å²) in [4.78, 5) is 11.4. The van der Waals surface area contributed by atoms with Crippen molar-refractivity contribution in [1.82, 2.24) is 0 Å². The van der Waals surface area contributed by atoms with E-state index in [1.165, 1.54) is 6.08 Å². The first-order valence-corrected chi connectivity index (χ1v) is 7.45. The zero-order valence-corrected chi connectivity index (χ0v) is 13.1. The van der Waals surface area contributed by atoms with Crippen molar-refractivity contribution in [2.24, 2.45) is 0 Å². The molecule has 0 N–H and O–H groups in total. The van der Waals surface area contributed by atoms with E-state index in [0.717, 1.165) is 29.9 Å². The number of hydrogen-bond acceptors (Lipinski definition) is 4. The molecular weight excluding hydrogens is 268 g/mol. The molecule has 0 atom stereocenters. The zero-order valence-electron chi connectivity index (χ0n) is 13.1. The lowest BCUT2D eigenvalue weighted by Crippen LogP contribution is -2.00. The van der Waals surface area contributed by atoms with Crippen LogP contribution in [0.4, 0.5) is 0 Å². The predicted molar refractivity (Wildman–Crippen MR) is 83.7 cm³/mol. The summed E-state index contributed by atoms with van der Waals surface area (Å²) in [5.41, 5.74) is 0.850. The molecule has 0 heterocycles. The molecule has 4 nitrogen and oxygen atoms in total. The summed E-state index contributed by atoms with van der Waals surface area (Å²) in [5.74, 6) is 1.14. The van der Waals surface area contributed by atoms with Crippen LogP contribution in [0.1, 0.15) is 39.2 Å². The van der Waals surface area contributed by atoms with E-state index in [0.29, 0.717) is 19.8 Å². The van der Waals surface area contributed by atoms with Crippen molar-refractivity contribution in [2.45, 2.75) is 33.6 Å². The van der Waals surface area contributed by atoms with Crippen LogP contribution in [-0.4, -0.2) is 25.8 Å². The summed E-state index contributed by atoms with van der Waals surface area (Å²) < 4.78 is 16.1. The fourth-order valence-electron chi connectivity index (χ4n) is 1.65. The van der Waals surface area contributed by atoms with Crippen molar-refractivity contribution >= 4 is 12.0 Å². The lowest BCUT2D eigenvalue weighted by molar-refractivity contribution is -0.137. The summed E-state index contributed by atoms with van der Waals surface area (Å²) in [6, 6.07) is 5.63. The fraction of sp³-hybridized carbons (Fsp3) is 0.471. The summed E-state index contributed by atoms with van der Waals surface area (Å²) in [7, 11) is 0. The topological polar surface area (TPSA) is 44.8 Å². The summed E-state index contributed by atoms with van der Waals surface area (Å²) in [5, 5.41) is 0. The van der Waals surface area contributed by atoms with Gasteiger partial charge in [0.1, 0.15) is 11.5 Å². The Morgan fingerprint density at radius 3 is 2.05 bits per heavy atom. The van der Waals surface area contributed by atoms with Crippen molar-refractivity contribution in [1.29, 1.82) is 0 Å². The Hall–Kier alpha value is -1.97. The summed E-state index contributed by atoms with van der Waals surface area (Å²) in [6.07, 6.45) is 4.99. The Kier molecular flexibility index (Phi) is 8.02. The van der Waals surface area contributed by atoms with Crippen molar-refractivity contribution < 1.29 is 19.0 Å². The summed E-state index contributed by atoms with van der Waals surface area (Å²) >= 11 is 0. The van der Waals surface area contributed by atoms with Gasteiger partial charge in [0.05, 0.1) is 19.8 Å². The Balaban J connectivity index is 2.86. The molecule has 0 saturated heterocycles. The first-order chi connectivity index (χ1) is 10.2. The van der Waals surface area contributed by atoms with Gasteiger partial charge < -0.3 is 14.2 Å². The molecule has 21 heavy (non-hydrogen) atoms. The third-order valence-electron chi connectivity index (χ3n) is 2.55. The van der Waals surface area contributed by atoms with Gasteiger partial charge in [0.2, 0.25) is 0 Å². The maximum atomic E-state index is 11.4.